The lowest BCUT2D eigenvalue weighted by atomic mass is 9.74. The fourth-order valence-electron chi connectivity index (χ4n) is 3.34. The van der Waals surface area contributed by atoms with Crippen LogP contribution in [0.3, 0.4) is 0 Å². The van der Waals surface area contributed by atoms with Crippen LogP contribution in [-0.2, 0) is 22.9 Å². The fourth-order valence-corrected chi connectivity index (χ4v) is 4.57. The normalized spacial score (nSPS) is 17.4. The van der Waals surface area contributed by atoms with Crippen LogP contribution in [0.2, 0.25) is 5.02 Å². The average molecular weight is 430 g/mol. The molecule has 0 aliphatic rings. The van der Waals surface area contributed by atoms with Crippen molar-refractivity contribution >= 4 is 22.6 Å². The number of benzene rings is 1. The second-order valence-corrected chi connectivity index (χ2v) is 13.0. The van der Waals surface area contributed by atoms with Crippen molar-refractivity contribution in [3.8, 4) is 0 Å². The molecular formula is C23H40ClNO2S. The third-order valence-electron chi connectivity index (χ3n) is 5.40. The molecule has 1 aromatic carbocycles. The summed E-state index contributed by atoms with van der Waals surface area (Å²) in [4.78, 5) is 0. The van der Waals surface area contributed by atoms with Crippen LogP contribution < -0.4 is 4.72 Å². The van der Waals surface area contributed by atoms with E-state index in [1.54, 1.807) is 0 Å². The molecule has 0 radical (unpaired) electrons. The summed E-state index contributed by atoms with van der Waals surface area (Å²) in [5, 5.41) is 10.9. The first-order valence-electron chi connectivity index (χ1n) is 10.2. The molecule has 0 amide bonds. The van der Waals surface area contributed by atoms with Crippen molar-refractivity contribution < 1.29 is 9.32 Å². The van der Waals surface area contributed by atoms with Gasteiger partial charge in [0.25, 0.3) is 0 Å². The van der Waals surface area contributed by atoms with E-state index in [2.05, 4.69) is 51.5 Å². The number of halogens is 1. The van der Waals surface area contributed by atoms with Crippen LogP contribution >= 0.6 is 11.6 Å². The third kappa shape index (κ3) is 6.83. The maximum atomic E-state index is 12.9. The van der Waals surface area contributed by atoms with E-state index in [-0.39, 0.29) is 23.9 Å². The lowest BCUT2D eigenvalue weighted by molar-refractivity contribution is 0.111. The summed E-state index contributed by atoms with van der Waals surface area (Å²) < 4.78 is 15.9. The second kappa shape index (κ2) is 9.59. The Bertz CT molecular complexity index is 676. The van der Waals surface area contributed by atoms with Gasteiger partial charge in [-0.15, -0.1) is 0 Å². The highest BCUT2D eigenvalue weighted by atomic mass is 35.5. The van der Waals surface area contributed by atoms with E-state index >= 15 is 0 Å². The van der Waals surface area contributed by atoms with Crippen molar-refractivity contribution in [2.75, 3.05) is 6.61 Å². The van der Waals surface area contributed by atoms with Gasteiger partial charge in [0.15, 0.2) is 0 Å². The Morgan fingerprint density at radius 3 is 2.07 bits per heavy atom. The second-order valence-electron chi connectivity index (χ2n) is 10.6. The van der Waals surface area contributed by atoms with E-state index in [0.717, 1.165) is 29.0 Å². The van der Waals surface area contributed by atoms with Crippen LogP contribution in [0.4, 0.5) is 0 Å². The molecule has 1 aromatic rings. The number of aryl methyl sites for hydroxylation is 1. The van der Waals surface area contributed by atoms with E-state index < -0.39 is 21.3 Å². The summed E-state index contributed by atoms with van der Waals surface area (Å²) in [6, 6.07) is 6.14. The quantitative estimate of drug-likeness (QED) is 0.544. The summed E-state index contributed by atoms with van der Waals surface area (Å²) in [7, 11) is -1.28. The third-order valence-corrected chi connectivity index (χ3v) is 7.47. The number of nitrogens with one attached hydrogen (secondary N) is 1. The van der Waals surface area contributed by atoms with E-state index in [0.29, 0.717) is 0 Å². The van der Waals surface area contributed by atoms with Crippen LogP contribution in [0.15, 0.2) is 18.2 Å². The standard InChI is InChI=1S/C23H40ClNO2S/c1-16(2)19(15-26)23(9,25-28(27)22(6,7)8)18-11-10-17(20(24)14-18)12-13-21(3,4)5/h10-11,14,16,19,25-26H,12-13,15H2,1-9H3/t19?,23-,28+/m0/s1. The van der Waals surface area contributed by atoms with Gasteiger partial charge in [0, 0.05) is 17.5 Å². The van der Waals surface area contributed by atoms with Crippen molar-refractivity contribution in [3.05, 3.63) is 34.3 Å². The van der Waals surface area contributed by atoms with Gasteiger partial charge in [0.1, 0.15) is 0 Å². The largest absolute Gasteiger partial charge is 0.396 e. The van der Waals surface area contributed by atoms with Crippen LogP contribution in [0.25, 0.3) is 0 Å². The molecule has 0 saturated heterocycles. The van der Waals surface area contributed by atoms with Crippen molar-refractivity contribution in [3.63, 3.8) is 0 Å². The topological polar surface area (TPSA) is 49.3 Å². The highest BCUT2D eigenvalue weighted by molar-refractivity contribution is 7.84. The van der Waals surface area contributed by atoms with Crippen LogP contribution in [0.1, 0.15) is 79.9 Å². The smallest absolute Gasteiger partial charge is 0.0978 e. The Labute approximate surface area is 180 Å². The fraction of sp³-hybridized carbons (Fsp3) is 0.739. The zero-order chi connectivity index (χ0) is 21.9. The summed E-state index contributed by atoms with van der Waals surface area (Å²) in [6.45, 7) is 18.7. The minimum Gasteiger partial charge on any atom is -0.396 e. The lowest BCUT2D eigenvalue weighted by Gasteiger charge is -2.41. The number of rotatable bonds is 8. The number of hydrogen-bond acceptors (Lipinski definition) is 2. The molecule has 0 aliphatic heterocycles. The predicted molar refractivity (Wildman–Crippen MR) is 123 cm³/mol. The lowest BCUT2D eigenvalue weighted by Crippen LogP contribution is -2.53. The van der Waals surface area contributed by atoms with Gasteiger partial charge in [-0.2, -0.15) is 0 Å². The summed E-state index contributed by atoms with van der Waals surface area (Å²) in [6.07, 6.45) is 1.98. The van der Waals surface area contributed by atoms with Gasteiger partial charge in [-0.1, -0.05) is 58.4 Å². The van der Waals surface area contributed by atoms with Gasteiger partial charge in [-0.05, 0) is 69.1 Å². The molecule has 3 nitrogen and oxygen atoms in total. The van der Waals surface area contributed by atoms with Gasteiger partial charge in [-0.3, -0.25) is 0 Å². The van der Waals surface area contributed by atoms with E-state index in [4.69, 9.17) is 11.6 Å². The highest BCUT2D eigenvalue weighted by Crippen LogP contribution is 2.37. The molecule has 1 unspecified atom stereocenters. The minimum atomic E-state index is -1.28. The monoisotopic (exact) mass is 429 g/mol. The Kier molecular flexibility index (Phi) is 8.78. The molecule has 2 N–H and O–H groups in total. The highest BCUT2D eigenvalue weighted by Gasteiger charge is 2.40. The van der Waals surface area contributed by atoms with Crippen LogP contribution in [0.5, 0.6) is 0 Å². The van der Waals surface area contributed by atoms with Gasteiger partial charge < -0.3 is 5.11 Å². The molecule has 28 heavy (non-hydrogen) atoms. The Balaban J connectivity index is 3.34. The molecule has 0 heterocycles. The molecule has 0 spiro atoms. The SMILES string of the molecule is CC(C)C(CO)[C@@](C)(N[S@](=O)C(C)(C)C)c1ccc(CCC(C)(C)C)c(Cl)c1. The molecule has 162 valence electrons. The van der Waals surface area contributed by atoms with Crippen LogP contribution in [0, 0.1) is 17.3 Å². The molecule has 3 atom stereocenters. The van der Waals surface area contributed by atoms with Gasteiger partial charge >= 0.3 is 0 Å². The molecule has 0 aromatic heterocycles. The van der Waals surface area contributed by atoms with E-state index in [1.807, 2.05) is 33.8 Å². The first-order chi connectivity index (χ1) is 12.6. The molecular weight excluding hydrogens is 390 g/mol. The molecule has 5 heteroatoms. The zero-order valence-corrected chi connectivity index (χ0v) is 20.7. The van der Waals surface area contributed by atoms with Gasteiger partial charge in [-0.25, -0.2) is 8.93 Å². The Morgan fingerprint density at radius 2 is 1.68 bits per heavy atom. The number of aliphatic hydroxyl groups excluding tert-OH is 1. The number of hydrogen-bond donors (Lipinski definition) is 2. The van der Waals surface area contributed by atoms with Crippen molar-refractivity contribution in [1.29, 1.82) is 0 Å². The van der Waals surface area contributed by atoms with Crippen molar-refractivity contribution in [2.45, 2.75) is 85.4 Å². The maximum absolute atomic E-state index is 12.9. The average Bonchev–Trinajstić information content (AvgIpc) is 2.51. The van der Waals surface area contributed by atoms with Crippen molar-refractivity contribution in [2.24, 2.45) is 17.3 Å². The number of aliphatic hydroxyl groups is 1. The van der Waals surface area contributed by atoms with Crippen molar-refractivity contribution in [1.82, 2.24) is 4.72 Å². The summed E-state index contributed by atoms with van der Waals surface area (Å²) >= 11 is 6.65. The summed E-state index contributed by atoms with van der Waals surface area (Å²) in [5.74, 6) is 0.106. The molecule has 0 saturated carbocycles. The predicted octanol–water partition coefficient (Wildman–Crippen LogP) is 5.85. The Hall–Kier alpha value is -0.420. The molecule has 0 bridgehead atoms. The maximum Gasteiger partial charge on any atom is 0.0978 e. The molecule has 0 aliphatic carbocycles. The van der Waals surface area contributed by atoms with Gasteiger partial charge in [0.2, 0.25) is 0 Å². The Morgan fingerprint density at radius 1 is 1.11 bits per heavy atom. The first kappa shape index (κ1) is 25.6. The molecule has 1 rings (SSSR count). The van der Waals surface area contributed by atoms with Gasteiger partial charge in [0.05, 0.1) is 21.3 Å². The minimum absolute atomic E-state index is 0.00586. The summed E-state index contributed by atoms with van der Waals surface area (Å²) in [5.41, 5.74) is 1.68. The van der Waals surface area contributed by atoms with E-state index in [9.17, 15) is 9.32 Å². The first-order valence-corrected chi connectivity index (χ1v) is 11.7. The molecule has 0 fully saturated rings. The van der Waals surface area contributed by atoms with Crippen LogP contribution in [-0.4, -0.2) is 20.7 Å². The van der Waals surface area contributed by atoms with E-state index in [1.165, 1.54) is 0 Å². The zero-order valence-electron chi connectivity index (χ0n) is 19.1.